The molecule has 0 amide bonds. The van der Waals surface area contributed by atoms with Crippen molar-refractivity contribution in [1.29, 1.82) is 0 Å². The summed E-state index contributed by atoms with van der Waals surface area (Å²) in [5, 5.41) is 0. The molecule has 8 heteroatoms. The van der Waals surface area contributed by atoms with Crippen LogP contribution >= 0.6 is 7.60 Å². The lowest BCUT2D eigenvalue weighted by Crippen LogP contribution is -2.21. The number of ether oxygens (including phenoxy) is 2. The predicted octanol–water partition coefficient (Wildman–Crippen LogP) is 4.92. The minimum atomic E-state index is -4.43. The SMILES string of the molecule is O=P(O)(O)c1ccc(COCC2C(F)CCC2c2ccc(Oc3ccccc3)cc2)o1. The van der Waals surface area contributed by atoms with Crippen molar-refractivity contribution in [2.75, 3.05) is 6.61 Å². The fourth-order valence-electron chi connectivity index (χ4n) is 3.96. The van der Waals surface area contributed by atoms with Crippen LogP contribution in [-0.4, -0.2) is 22.6 Å². The zero-order chi connectivity index (χ0) is 21.8. The maximum atomic E-state index is 14.5. The first-order valence-electron chi connectivity index (χ1n) is 10.1. The molecule has 2 aromatic carbocycles. The lowest BCUT2D eigenvalue weighted by atomic mass is 9.89. The van der Waals surface area contributed by atoms with Crippen LogP contribution in [0, 0.1) is 5.92 Å². The van der Waals surface area contributed by atoms with E-state index in [1.165, 1.54) is 12.1 Å². The van der Waals surface area contributed by atoms with Crippen LogP contribution in [0.25, 0.3) is 0 Å². The Morgan fingerprint density at radius 2 is 1.68 bits per heavy atom. The standard InChI is InChI=1S/C23H24FO6P/c24-22-12-11-20(16-6-8-18(9-7-16)29-17-4-2-1-3-5-17)21(22)15-28-14-19-10-13-23(30-19)31(25,26)27/h1-10,13,20-22H,11-12,14-15H2,(H2,25,26,27). The monoisotopic (exact) mass is 446 g/mol. The quantitative estimate of drug-likeness (QED) is 0.478. The lowest BCUT2D eigenvalue weighted by Gasteiger charge is -2.21. The molecule has 6 nitrogen and oxygen atoms in total. The summed E-state index contributed by atoms with van der Waals surface area (Å²) in [7, 11) is -4.43. The third-order valence-electron chi connectivity index (χ3n) is 5.51. The summed E-state index contributed by atoms with van der Waals surface area (Å²) < 4.78 is 42.3. The van der Waals surface area contributed by atoms with E-state index in [9.17, 15) is 8.96 Å². The highest BCUT2D eigenvalue weighted by Gasteiger charge is 2.37. The zero-order valence-electron chi connectivity index (χ0n) is 16.8. The molecule has 0 spiro atoms. The van der Waals surface area contributed by atoms with E-state index in [4.69, 9.17) is 23.7 Å². The van der Waals surface area contributed by atoms with Crippen molar-refractivity contribution in [3.63, 3.8) is 0 Å². The summed E-state index contributed by atoms with van der Waals surface area (Å²) in [5.41, 5.74) is 0.641. The summed E-state index contributed by atoms with van der Waals surface area (Å²) in [6, 6.07) is 19.9. The number of para-hydroxylation sites is 1. The summed E-state index contributed by atoms with van der Waals surface area (Å²) >= 11 is 0. The molecular weight excluding hydrogens is 422 g/mol. The summed E-state index contributed by atoms with van der Waals surface area (Å²) in [5.74, 6) is 1.51. The van der Waals surface area contributed by atoms with E-state index in [-0.39, 0.29) is 25.0 Å². The fourth-order valence-corrected chi connectivity index (χ4v) is 4.46. The number of rotatable bonds is 8. The molecule has 1 aliphatic rings. The summed E-state index contributed by atoms with van der Waals surface area (Å²) in [6.45, 7) is 0.222. The van der Waals surface area contributed by atoms with Gasteiger partial charge in [-0.05, 0) is 60.7 Å². The number of alkyl halides is 1. The minimum Gasteiger partial charge on any atom is -0.457 e. The third-order valence-corrected chi connectivity index (χ3v) is 6.33. The molecular formula is C23H24FO6P. The second-order valence-corrected chi connectivity index (χ2v) is 9.18. The van der Waals surface area contributed by atoms with Gasteiger partial charge < -0.3 is 23.7 Å². The van der Waals surface area contributed by atoms with Crippen LogP contribution in [0.2, 0.25) is 0 Å². The van der Waals surface area contributed by atoms with Crippen LogP contribution in [0.1, 0.15) is 30.1 Å². The van der Waals surface area contributed by atoms with Crippen LogP contribution in [0.5, 0.6) is 11.5 Å². The molecule has 164 valence electrons. The molecule has 2 N–H and O–H groups in total. The van der Waals surface area contributed by atoms with Gasteiger partial charge in [0.25, 0.3) is 0 Å². The number of hydrogen-bond donors (Lipinski definition) is 2. The molecule has 31 heavy (non-hydrogen) atoms. The molecule has 1 heterocycles. The van der Waals surface area contributed by atoms with E-state index in [1.807, 2.05) is 54.6 Å². The van der Waals surface area contributed by atoms with Crippen molar-refractivity contribution in [1.82, 2.24) is 0 Å². The van der Waals surface area contributed by atoms with Gasteiger partial charge in [0.2, 0.25) is 5.50 Å². The molecule has 3 atom stereocenters. The first kappa shape index (κ1) is 21.8. The Morgan fingerprint density at radius 3 is 2.35 bits per heavy atom. The van der Waals surface area contributed by atoms with Crippen LogP contribution in [0.4, 0.5) is 4.39 Å². The Balaban J connectivity index is 1.36. The van der Waals surface area contributed by atoms with Gasteiger partial charge in [0.15, 0.2) is 0 Å². The number of benzene rings is 2. The van der Waals surface area contributed by atoms with Crippen molar-refractivity contribution in [2.24, 2.45) is 5.92 Å². The van der Waals surface area contributed by atoms with Crippen molar-refractivity contribution >= 4 is 13.1 Å². The predicted molar refractivity (Wildman–Crippen MR) is 113 cm³/mol. The molecule has 1 saturated carbocycles. The molecule has 1 aromatic heterocycles. The van der Waals surface area contributed by atoms with E-state index < -0.39 is 19.3 Å². The zero-order valence-corrected chi connectivity index (χ0v) is 17.7. The van der Waals surface area contributed by atoms with Gasteiger partial charge in [0, 0.05) is 5.92 Å². The average Bonchev–Trinajstić information content (AvgIpc) is 3.37. The largest absolute Gasteiger partial charge is 0.457 e. The maximum absolute atomic E-state index is 14.5. The van der Waals surface area contributed by atoms with E-state index in [0.717, 1.165) is 23.5 Å². The Kier molecular flexibility index (Phi) is 6.58. The Hall–Kier alpha value is -2.44. The van der Waals surface area contributed by atoms with Gasteiger partial charge in [-0.15, -0.1) is 0 Å². The molecule has 3 unspecified atom stereocenters. The van der Waals surface area contributed by atoms with Gasteiger partial charge >= 0.3 is 7.60 Å². The van der Waals surface area contributed by atoms with E-state index >= 15 is 0 Å². The second-order valence-electron chi connectivity index (χ2n) is 7.65. The van der Waals surface area contributed by atoms with Crippen LogP contribution in [0.15, 0.2) is 71.1 Å². The number of halogens is 1. The Morgan fingerprint density at radius 1 is 0.968 bits per heavy atom. The summed E-state index contributed by atoms with van der Waals surface area (Å²) in [4.78, 5) is 18.2. The molecule has 0 saturated heterocycles. The normalized spacial score (nSPS) is 21.3. The molecule has 1 aliphatic carbocycles. The van der Waals surface area contributed by atoms with Crippen molar-refractivity contribution in [3.8, 4) is 11.5 Å². The topological polar surface area (TPSA) is 89.1 Å². The van der Waals surface area contributed by atoms with Gasteiger partial charge in [-0.25, -0.2) is 4.39 Å². The summed E-state index contributed by atoms with van der Waals surface area (Å²) in [6.07, 6.45) is 0.244. The van der Waals surface area contributed by atoms with Gasteiger partial charge in [-0.2, -0.15) is 0 Å². The lowest BCUT2D eigenvalue weighted by molar-refractivity contribution is 0.0510. The number of furan rings is 1. The van der Waals surface area contributed by atoms with Crippen LogP contribution in [-0.2, 0) is 15.9 Å². The maximum Gasteiger partial charge on any atom is 0.391 e. The third kappa shape index (κ3) is 5.43. The second kappa shape index (κ2) is 9.37. The minimum absolute atomic E-state index is 0.0276. The fraction of sp³-hybridized carbons (Fsp3) is 0.304. The molecule has 0 radical (unpaired) electrons. The molecule has 0 aliphatic heterocycles. The Bertz CT molecular complexity index is 1030. The smallest absolute Gasteiger partial charge is 0.391 e. The highest BCUT2D eigenvalue weighted by molar-refractivity contribution is 7.59. The van der Waals surface area contributed by atoms with Crippen molar-refractivity contribution < 1.29 is 32.6 Å². The molecule has 1 fully saturated rings. The highest BCUT2D eigenvalue weighted by Crippen LogP contribution is 2.42. The number of hydrogen-bond acceptors (Lipinski definition) is 4. The molecule has 4 rings (SSSR count). The van der Waals surface area contributed by atoms with E-state index in [0.29, 0.717) is 12.2 Å². The van der Waals surface area contributed by atoms with Gasteiger partial charge in [0.1, 0.15) is 30.0 Å². The van der Waals surface area contributed by atoms with Gasteiger partial charge in [-0.1, -0.05) is 30.3 Å². The van der Waals surface area contributed by atoms with Crippen molar-refractivity contribution in [3.05, 3.63) is 78.1 Å². The first-order valence-corrected chi connectivity index (χ1v) is 11.7. The Labute approximate surface area is 179 Å². The molecule has 3 aromatic rings. The average molecular weight is 446 g/mol. The van der Waals surface area contributed by atoms with Crippen molar-refractivity contribution in [2.45, 2.75) is 31.5 Å². The van der Waals surface area contributed by atoms with E-state index in [2.05, 4.69) is 0 Å². The van der Waals surface area contributed by atoms with Gasteiger partial charge in [-0.3, -0.25) is 4.57 Å². The highest BCUT2D eigenvalue weighted by atomic mass is 31.2. The van der Waals surface area contributed by atoms with Gasteiger partial charge in [0.05, 0.1) is 6.61 Å². The first-order chi connectivity index (χ1) is 14.9. The molecule has 0 bridgehead atoms. The van der Waals surface area contributed by atoms with E-state index in [1.54, 1.807) is 0 Å². The van der Waals surface area contributed by atoms with Crippen LogP contribution < -0.4 is 10.2 Å². The van der Waals surface area contributed by atoms with Crippen LogP contribution in [0.3, 0.4) is 0 Å².